The molecule has 0 radical (unpaired) electrons. The second kappa shape index (κ2) is 35.0. The maximum absolute atomic E-state index is 11.9. The molecule has 2 N–H and O–H groups in total. The number of hydrogen-bond donors (Lipinski definition) is 2. The third kappa shape index (κ3) is 30.1. The van der Waals surface area contributed by atoms with E-state index < -0.39 is 0 Å². The van der Waals surface area contributed by atoms with Crippen molar-refractivity contribution < 1.29 is 23.7 Å². The van der Waals surface area contributed by atoms with Gasteiger partial charge in [0.15, 0.2) is 0 Å². The third-order valence-corrected chi connectivity index (χ3v) is 9.30. The number of aromatic amines is 1. The van der Waals surface area contributed by atoms with Gasteiger partial charge in [-0.25, -0.2) is 4.79 Å². The number of amides is 1. The molecule has 1 saturated heterocycles. The number of nitrogens with zero attached hydrogens (tertiary/aromatic N) is 1. The van der Waals surface area contributed by atoms with Gasteiger partial charge in [0.25, 0.3) is 5.56 Å². The summed E-state index contributed by atoms with van der Waals surface area (Å²) in [5.41, 5.74) is -0.749. The van der Waals surface area contributed by atoms with Crippen LogP contribution in [0, 0.1) is 0 Å². The summed E-state index contributed by atoms with van der Waals surface area (Å²) < 4.78 is 22.5. The molecule has 2 atom stereocenters. The molecule has 0 spiro atoms. The van der Waals surface area contributed by atoms with Crippen molar-refractivity contribution in [1.29, 1.82) is 0 Å². The van der Waals surface area contributed by atoms with E-state index in [4.69, 9.17) is 18.9 Å². The van der Waals surface area contributed by atoms with E-state index in [0.717, 1.165) is 12.2 Å². The Morgan fingerprint density at radius 3 is 2.07 bits per heavy atom. The van der Waals surface area contributed by atoms with Crippen LogP contribution >= 0.6 is 21.6 Å². The summed E-state index contributed by atoms with van der Waals surface area (Å²) in [5.74, 6) is 2.23. The normalized spacial score (nSPS) is 15.2. The Kier molecular flexibility index (Phi) is 35.6. The highest BCUT2D eigenvalue weighted by Gasteiger charge is 2.28. The van der Waals surface area contributed by atoms with Crippen molar-refractivity contribution >= 4 is 27.5 Å². The highest BCUT2D eigenvalue weighted by atomic mass is 33.1. The molecule has 1 fully saturated rings. The van der Waals surface area contributed by atoms with Gasteiger partial charge in [-0.3, -0.25) is 14.6 Å². The molecule has 2 heterocycles. The topological polar surface area (TPSA) is 121 Å². The van der Waals surface area contributed by atoms with Gasteiger partial charge in [0, 0.05) is 64.6 Å². The molecule has 2 unspecified atom stereocenters. The Morgan fingerprint density at radius 1 is 0.957 bits per heavy atom. The molecular formula is C34H67N3O7S2. The lowest BCUT2D eigenvalue weighted by atomic mass is 10.1. The minimum Gasteiger partial charge on any atom is -0.382 e. The Labute approximate surface area is 287 Å². The van der Waals surface area contributed by atoms with E-state index in [1.165, 1.54) is 86.8 Å². The largest absolute Gasteiger partial charge is 0.382 e. The average Bonchev–Trinajstić information content (AvgIpc) is 3.52. The van der Waals surface area contributed by atoms with E-state index in [9.17, 15) is 14.4 Å². The number of unbranched alkanes of at least 4 members (excludes halogenated alkanes) is 9. The van der Waals surface area contributed by atoms with Crippen LogP contribution in [-0.4, -0.2) is 85.9 Å². The van der Waals surface area contributed by atoms with Gasteiger partial charge in [-0.2, -0.15) is 0 Å². The fourth-order valence-corrected chi connectivity index (χ4v) is 6.03. The van der Waals surface area contributed by atoms with Gasteiger partial charge in [-0.15, -0.1) is 0 Å². The van der Waals surface area contributed by atoms with E-state index in [1.807, 2.05) is 49.3 Å². The Morgan fingerprint density at radius 2 is 1.52 bits per heavy atom. The van der Waals surface area contributed by atoms with Gasteiger partial charge in [0.05, 0.1) is 19.3 Å². The molecule has 10 nitrogen and oxygen atoms in total. The second-order valence-corrected chi connectivity index (χ2v) is 13.7. The summed E-state index contributed by atoms with van der Waals surface area (Å²) in [7, 11) is 8.69. The molecule has 0 aliphatic carbocycles. The summed E-state index contributed by atoms with van der Waals surface area (Å²) in [5, 5.41) is 2.98. The lowest BCUT2D eigenvalue weighted by molar-refractivity contribution is -0.120. The molecule has 0 bridgehead atoms. The zero-order valence-corrected chi connectivity index (χ0v) is 31.9. The zero-order valence-electron chi connectivity index (χ0n) is 30.2. The van der Waals surface area contributed by atoms with Crippen LogP contribution in [0.5, 0.6) is 0 Å². The highest BCUT2D eigenvalue weighted by Crippen LogP contribution is 2.23. The monoisotopic (exact) mass is 693 g/mol. The third-order valence-electron chi connectivity index (χ3n) is 6.81. The van der Waals surface area contributed by atoms with Gasteiger partial charge < -0.3 is 28.8 Å². The predicted octanol–water partition coefficient (Wildman–Crippen LogP) is 6.76. The van der Waals surface area contributed by atoms with Crippen LogP contribution in [0.3, 0.4) is 0 Å². The summed E-state index contributed by atoms with van der Waals surface area (Å²) in [6.45, 7) is 12.8. The molecule has 1 amide bonds. The second-order valence-electron chi connectivity index (χ2n) is 11.0. The number of hydrogen-bond acceptors (Lipinski definition) is 9. The van der Waals surface area contributed by atoms with Crippen LogP contribution in [0.15, 0.2) is 21.9 Å². The number of carbonyl (C=O) groups is 1. The van der Waals surface area contributed by atoms with Crippen LogP contribution in [0.25, 0.3) is 0 Å². The fourth-order valence-electron chi connectivity index (χ4n) is 3.90. The number of H-pyrrole nitrogens is 1. The molecule has 1 aromatic heterocycles. The maximum Gasteiger partial charge on any atom is 0.328 e. The molecule has 272 valence electrons. The van der Waals surface area contributed by atoms with Crippen LogP contribution in [0.1, 0.15) is 112 Å². The minimum absolute atomic E-state index is 0.0228. The first-order valence-electron chi connectivity index (χ1n) is 17.3. The maximum atomic E-state index is 11.9. The van der Waals surface area contributed by atoms with Crippen molar-refractivity contribution in [3.63, 3.8) is 0 Å². The van der Waals surface area contributed by atoms with E-state index in [-0.39, 0.29) is 29.4 Å². The smallest absolute Gasteiger partial charge is 0.328 e. The molecule has 2 rings (SSSR count). The lowest BCUT2D eigenvalue weighted by Gasteiger charge is -2.16. The van der Waals surface area contributed by atoms with Crippen molar-refractivity contribution in [1.82, 2.24) is 14.9 Å². The predicted molar refractivity (Wildman–Crippen MR) is 196 cm³/mol. The number of nitrogens with one attached hydrogen (secondary N) is 2. The van der Waals surface area contributed by atoms with Gasteiger partial charge in [0.2, 0.25) is 5.91 Å². The van der Waals surface area contributed by atoms with E-state index in [0.29, 0.717) is 38.9 Å². The van der Waals surface area contributed by atoms with Crippen molar-refractivity contribution in [3.05, 3.63) is 33.1 Å². The first-order valence-corrected chi connectivity index (χ1v) is 19.8. The summed E-state index contributed by atoms with van der Waals surface area (Å²) >= 11 is 0. The molecule has 1 aliphatic heterocycles. The summed E-state index contributed by atoms with van der Waals surface area (Å²) in [6, 6.07) is 1.29. The molecule has 1 aliphatic rings. The van der Waals surface area contributed by atoms with Gasteiger partial charge in [-0.1, -0.05) is 100 Å². The average molecular weight is 694 g/mol. The molecule has 12 heteroatoms. The van der Waals surface area contributed by atoms with E-state index >= 15 is 0 Å². The van der Waals surface area contributed by atoms with Crippen LogP contribution in [-0.2, 0) is 30.8 Å². The number of ether oxygens (including phenoxy) is 4. The van der Waals surface area contributed by atoms with Crippen LogP contribution in [0.2, 0.25) is 0 Å². The SMILES string of the molecule is CC.CCCCCCCCCCCCSSCCC(=O)NCCCOC1COCC1OC.COC(C)C.Cn1ccc(=O)[nH]c1=O. The van der Waals surface area contributed by atoms with Crippen LogP contribution < -0.4 is 16.6 Å². The van der Waals surface area contributed by atoms with Gasteiger partial charge >= 0.3 is 5.69 Å². The first kappa shape index (κ1) is 46.8. The standard InChI is InChI=1S/C23H45NO4S2.C5H6N2O2.C4H10O.C2H6/c1-3-4-5-6-7-8-9-10-11-12-17-29-30-18-14-23(25)24-15-13-16-28-22-20-27-19-21(22)26-2;1-7-3-2-4(8)6-5(7)9;1-4(2)5-3;1-2/h21-22H,3-20H2,1-2H3,(H,24,25);2-3H,1H3,(H,6,8,9);4H,1-3H3;1-2H3. The van der Waals surface area contributed by atoms with Crippen molar-refractivity contribution in [2.75, 3.05) is 52.1 Å². The number of aromatic nitrogens is 2. The van der Waals surface area contributed by atoms with E-state index in [2.05, 4.69) is 17.2 Å². The quantitative estimate of drug-likeness (QED) is 0.100. The van der Waals surface area contributed by atoms with Crippen molar-refractivity contribution in [2.24, 2.45) is 7.05 Å². The van der Waals surface area contributed by atoms with Crippen molar-refractivity contribution in [3.8, 4) is 0 Å². The molecule has 1 aromatic rings. The van der Waals surface area contributed by atoms with Gasteiger partial charge in [-0.05, 0) is 26.7 Å². The van der Waals surface area contributed by atoms with Gasteiger partial charge in [0.1, 0.15) is 12.2 Å². The van der Waals surface area contributed by atoms with E-state index in [1.54, 1.807) is 21.3 Å². The number of aryl methyl sites for hydroxylation is 1. The summed E-state index contributed by atoms with van der Waals surface area (Å²) in [6.07, 6.45) is 17.1. The Bertz CT molecular complexity index is 915. The number of rotatable bonds is 22. The molecule has 0 aromatic carbocycles. The highest BCUT2D eigenvalue weighted by molar-refractivity contribution is 8.76. The van der Waals surface area contributed by atoms with Crippen LogP contribution in [0.4, 0.5) is 0 Å². The summed E-state index contributed by atoms with van der Waals surface area (Å²) in [4.78, 5) is 34.9. The molecule has 0 saturated carbocycles. The number of methoxy groups -OCH3 is 2. The first-order chi connectivity index (χ1) is 22.2. The lowest BCUT2D eigenvalue weighted by Crippen LogP contribution is -2.30. The Balaban J connectivity index is 0. The molecular weight excluding hydrogens is 627 g/mol. The Hall–Kier alpha value is -1.31. The van der Waals surface area contributed by atoms with Crippen molar-refractivity contribution in [2.45, 2.75) is 130 Å². The molecule has 46 heavy (non-hydrogen) atoms. The zero-order chi connectivity index (χ0) is 34.8. The number of carbonyl (C=O) groups excluding carboxylic acids is 1. The minimum atomic E-state index is -0.387. The fraction of sp³-hybridized carbons (Fsp3) is 0.853.